The monoisotopic (exact) mass is 311 g/mol. The fourth-order valence-electron chi connectivity index (χ4n) is 4.33. The Morgan fingerprint density at radius 1 is 1.09 bits per heavy atom. The largest absolute Gasteiger partial charge is 0.494 e. The minimum atomic E-state index is -0.539. The molecule has 5 rings (SSSR count). The van der Waals surface area contributed by atoms with Gasteiger partial charge in [0.25, 0.3) is 0 Å². The van der Waals surface area contributed by atoms with Crippen molar-refractivity contribution in [3.63, 3.8) is 0 Å². The summed E-state index contributed by atoms with van der Waals surface area (Å²) in [6, 6.07) is 5.56. The number of pyridine rings is 1. The molecule has 0 spiro atoms. The van der Waals surface area contributed by atoms with Crippen molar-refractivity contribution in [1.82, 2.24) is 14.2 Å². The van der Waals surface area contributed by atoms with Gasteiger partial charge < -0.3 is 14.9 Å². The first-order valence-electron chi connectivity index (χ1n) is 7.75. The highest BCUT2D eigenvalue weighted by atomic mass is 16.5. The van der Waals surface area contributed by atoms with Crippen LogP contribution in [0, 0.1) is 0 Å². The number of rotatable bonds is 1. The zero-order valence-electron chi connectivity index (χ0n) is 12.9. The summed E-state index contributed by atoms with van der Waals surface area (Å²) in [6.07, 6.45) is 5.20. The van der Waals surface area contributed by atoms with Crippen LogP contribution in [0.1, 0.15) is 37.8 Å². The van der Waals surface area contributed by atoms with Crippen molar-refractivity contribution in [2.24, 2.45) is 0 Å². The van der Waals surface area contributed by atoms with Gasteiger partial charge in [0.1, 0.15) is 0 Å². The third kappa shape index (κ3) is 1.36. The Morgan fingerprint density at radius 3 is 2.39 bits per heavy atom. The van der Waals surface area contributed by atoms with Crippen LogP contribution < -0.4 is 0 Å². The molecule has 6 heteroatoms. The van der Waals surface area contributed by atoms with Crippen LogP contribution in [0.15, 0.2) is 30.6 Å². The summed E-state index contributed by atoms with van der Waals surface area (Å²) in [7, 11) is 0. The third-order valence-corrected chi connectivity index (χ3v) is 5.36. The summed E-state index contributed by atoms with van der Waals surface area (Å²) in [5, 5.41) is 26.0. The molecule has 1 fully saturated rings. The lowest BCUT2D eigenvalue weighted by Crippen LogP contribution is -2.17. The quantitative estimate of drug-likeness (QED) is 0.725. The molecular formula is C17H17N3O3. The third-order valence-electron chi connectivity index (χ3n) is 5.36. The molecule has 1 saturated heterocycles. The average Bonchev–Trinajstić information content (AvgIpc) is 3.20. The normalized spacial score (nSPS) is 28.6. The second-order valence-corrected chi connectivity index (χ2v) is 6.85. The molecule has 0 amide bonds. The zero-order valence-corrected chi connectivity index (χ0v) is 12.9. The average molecular weight is 311 g/mol. The lowest BCUT2D eigenvalue weighted by atomic mass is 9.80. The molecule has 2 N–H and O–H groups in total. The SMILES string of the molecule is CC12CCC(C)(O1)c1c2c(O)n(-c2cccn3nccc23)c1O. The number of nitrogens with zero attached hydrogens (tertiary/aromatic N) is 3. The molecule has 2 unspecified atom stereocenters. The summed E-state index contributed by atoms with van der Waals surface area (Å²) in [5.41, 5.74) is 1.86. The van der Waals surface area contributed by atoms with Gasteiger partial charge in [-0.05, 0) is 44.9 Å². The van der Waals surface area contributed by atoms with Crippen LogP contribution in [0.3, 0.4) is 0 Å². The van der Waals surface area contributed by atoms with Gasteiger partial charge in [-0.15, -0.1) is 0 Å². The van der Waals surface area contributed by atoms with Crippen molar-refractivity contribution in [1.29, 1.82) is 0 Å². The first-order valence-corrected chi connectivity index (χ1v) is 7.75. The zero-order chi connectivity index (χ0) is 16.0. The fraction of sp³-hybridized carbons (Fsp3) is 0.353. The van der Waals surface area contributed by atoms with E-state index in [2.05, 4.69) is 5.10 Å². The summed E-state index contributed by atoms with van der Waals surface area (Å²) in [5.74, 6) is 0.107. The number of aromatic hydroxyl groups is 2. The predicted molar refractivity (Wildman–Crippen MR) is 82.9 cm³/mol. The lowest BCUT2D eigenvalue weighted by Gasteiger charge is -2.21. The first kappa shape index (κ1) is 13.0. The highest BCUT2D eigenvalue weighted by molar-refractivity contribution is 5.69. The molecule has 2 bridgehead atoms. The molecule has 0 saturated carbocycles. The van der Waals surface area contributed by atoms with Gasteiger partial charge in [-0.1, -0.05) is 0 Å². The summed E-state index contributed by atoms with van der Waals surface area (Å²) >= 11 is 0. The number of fused-ring (bicyclic) bond motifs is 6. The second kappa shape index (κ2) is 3.71. The highest BCUT2D eigenvalue weighted by Gasteiger charge is 2.59. The van der Waals surface area contributed by atoms with Gasteiger partial charge in [0.15, 0.2) is 0 Å². The number of hydrogen-bond donors (Lipinski definition) is 2. The predicted octanol–water partition coefficient (Wildman–Crippen LogP) is 2.79. The summed E-state index contributed by atoms with van der Waals surface area (Å²) < 4.78 is 9.35. The van der Waals surface area contributed by atoms with E-state index in [1.807, 2.05) is 38.2 Å². The van der Waals surface area contributed by atoms with Crippen molar-refractivity contribution in [3.8, 4) is 17.4 Å². The molecule has 5 heterocycles. The van der Waals surface area contributed by atoms with Crippen LogP contribution in [0.4, 0.5) is 0 Å². The summed E-state index contributed by atoms with van der Waals surface area (Å²) in [6.45, 7) is 3.96. The van der Waals surface area contributed by atoms with Gasteiger partial charge in [0.2, 0.25) is 11.8 Å². The molecule has 3 aromatic heterocycles. The Morgan fingerprint density at radius 2 is 1.74 bits per heavy atom. The maximum Gasteiger partial charge on any atom is 0.205 e. The van der Waals surface area contributed by atoms with E-state index in [1.54, 1.807) is 10.7 Å². The van der Waals surface area contributed by atoms with Gasteiger partial charge in [-0.3, -0.25) is 0 Å². The first-order chi connectivity index (χ1) is 10.9. The van der Waals surface area contributed by atoms with E-state index in [4.69, 9.17) is 4.74 Å². The van der Waals surface area contributed by atoms with Crippen molar-refractivity contribution < 1.29 is 14.9 Å². The Hall–Kier alpha value is -2.47. The topological polar surface area (TPSA) is 71.9 Å². The number of ether oxygens (including phenoxy) is 1. The van der Waals surface area contributed by atoms with E-state index in [1.165, 1.54) is 4.57 Å². The van der Waals surface area contributed by atoms with E-state index in [9.17, 15) is 10.2 Å². The highest BCUT2D eigenvalue weighted by Crippen LogP contribution is 2.64. The molecule has 2 aliphatic heterocycles. The van der Waals surface area contributed by atoms with Crippen molar-refractivity contribution >= 4 is 5.52 Å². The standard InChI is InChI=1S/C17H17N3O3/c1-16-6-7-17(2,23-16)13-12(16)14(21)20(15(13)22)11-4-3-9-19-10(11)5-8-18-19/h3-5,8-9,21-22H,6-7H2,1-2H3. The molecular weight excluding hydrogens is 294 g/mol. The maximum absolute atomic E-state index is 10.9. The van der Waals surface area contributed by atoms with E-state index in [0.29, 0.717) is 16.8 Å². The van der Waals surface area contributed by atoms with E-state index in [0.717, 1.165) is 18.4 Å². The lowest BCUT2D eigenvalue weighted by molar-refractivity contribution is -0.0683. The van der Waals surface area contributed by atoms with Crippen LogP contribution in [-0.2, 0) is 15.9 Å². The molecule has 118 valence electrons. The van der Waals surface area contributed by atoms with Gasteiger partial charge in [-0.2, -0.15) is 5.10 Å². The minimum Gasteiger partial charge on any atom is -0.494 e. The van der Waals surface area contributed by atoms with Crippen molar-refractivity contribution in [2.75, 3.05) is 0 Å². The molecule has 6 nitrogen and oxygen atoms in total. The smallest absolute Gasteiger partial charge is 0.205 e. The summed E-state index contributed by atoms with van der Waals surface area (Å²) in [4.78, 5) is 0. The Kier molecular flexibility index (Phi) is 2.10. The molecule has 2 atom stereocenters. The van der Waals surface area contributed by atoms with Crippen LogP contribution in [-0.4, -0.2) is 24.4 Å². The molecule has 0 aliphatic carbocycles. The van der Waals surface area contributed by atoms with Gasteiger partial charge in [0, 0.05) is 6.20 Å². The van der Waals surface area contributed by atoms with Crippen LogP contribution in [0.2, 0.25) is 0 Å². The second-order valence-electron chi connectivity index (χ2n) is 6.85. The molecule has 3 aromatic rings. The number of aromatic nitrogens is 3. The number of hydrogen-bond acceptors (Lipinski definition) is 4. The van der Waals surface area contributed by atoms with Crippen molar-refractivity contribution in [3.05, 3.63) is 41.7 Å². The van der Waals surface area contributed by atoms with Crippen LogP contribution in [0.5, 0.6) is 11.8 Å². The van der Waals surface area contributed by atoms with Gasteiger partial charge in [0.05, 0.1) is 39.7 Å². The Balaban J connectivity index is 1.87. The maximum atomic E-state index is 10.9. The van der Waals surface area contributed by atoms with Gasteiger partial charge in [-0.25, -0.2) is 9.08 Å². The molecule has 2 aliphatic rings. The van der Waals surface area contributed by atoms with Crippen LogP contribution >= 0.6 is 0 Å². The van der Waals surface area contributed by atoms with E-state index >= 15 is 0 Å². The van der Waals surface area contributed by atoms with Gasteiger partial charge >= 0.3 is 0 Å². The minimum absolute atomic E-state index is 0.0534. The van der Waals surface area contributed by atoms with E-state index < -0.39 is 11.2 Å². The molecule has 0 aromatic carbocycles. The van der Waals surface area contributed by atoms with Crippen LogP contribution in [0.25, 0.3) is 11.2 Å². The van der Waals surface area contributed by atoms with E-state index in [-0.39, 0.29) is 11.8 Å². The molecule has 23 heavy (non-hydrogen) atoms. The Labute approximate surface area is 132 Å². The molecule has 0 radical (unpaired) electrons. The van der Waals surface area contributed by atoms with Crippen molar-refractivity contribution in [2.45, 2.75) is 37.9 Å². The Bertz CT molecular complexity index is 934. The fourth-order valence-corrected chi connectivity index (χ4v) is 4.33.